The Morgan fingerprint density at radius 1 is 1.16 bits per heavy atom. The number of benzene rings is 1. The minimum atomic E-state index is 0.117. The largest absolute Gasteiger partial charge is 0.356 e. The predicted octanol–water partition coefficient (Wildman–Crippen LogP) is 2.38. The Hall–Kier alpha value is -1.35. The summed E-state index contributed by atoms with van der Waals surface area (Å²) in [5.74, 6) is 0.800. The van der Waals surface area contributed by atoms with Gasteiger partial charge in [-0.1, -0.05) is 43.5 Å². The van der Waals surface area contributed by atoms with Gasteiger partial charge in [-0.05, 0) is 29.9 Å². The van der Waals surface area contributed by atoms with Crippen LogP contribution in [0.2, 0.25) is 0 Å². The molecule has 0 aliphatic heterocycles. The lowest BCUT2D eigenvalue weighted by molar-refractivity contribution is -0.120. The summed E-state index contributed by atoms with van der Waals surface area (Å²) in [4.78, 5) is 12.0. The van der Waals surface area contributed by atoms with Gasteiger partial charge in [0.2, 0.25) is 5.91 Å². The monoisotopic (exact) mass is 260 g/mol. The Kier molecular flexibility index (Phi) is 5.40. The van der Waals surface area contributed by atoms with Crippen LogP contribution in [0.3, 0.4) is 0 Å². The van der Waals surface area contributed by atoms with E-state index in [1.165, 1.54) is 32.1 Å². The average Bonchev–Trinajstić information content (AvgIpc) is 2.47. The van der Waals surface area contributed by atoms with Gasteiger partial charge >= 0.3 is 0 Å². The zero-order valence-electron chi connectivity index (χ0n) is 11.5. The molecule has 0 atom stereocenters. The molecule has 1 aromatic carbocycles. The second-order valence-electron chi connectivity index (χ2n) is 5.46. The first-order chi connectivity index (χ1) is 9.29. The number of hydrogen-bond donors (Lipinski definition) is 2. The van der Waals surface area contributed by atoms with Crippen LogP contribution in [0.15, 0.2) is 24.3 Å². The number of amides is 1. The molecule has 1 amide bonds. The van der Waals surface area contributed by atoms with E-state index in [1.807, 2.05) is 24.3 Å². The highest BCUT2D eigenvalue weighted by Gasteiger charge is 2.14. The van der Waals surface area contributed by atoms with E-state index in [1.54, 1.807) is 0 Å². The van der Waals surface area contributed by atoms with Crippen molar-refractivity contribution in [1.82, 2.24) is 5.32 Å². The molecule has 3 N–H and O–H groups in total. The van der Waals surface area contributed by atoms with Crippen LogP contribution in [0.25, 0.3) is 0 Å². The van der Waals surface area contributed by atoms with E-state index in [9.17, 15) is 4.79 Å². The molecule has 1 aromatic rings. The minimum absolute atomic E-state index is 0.117. The Morgan fingerprint density at radius 2 is 1.84 bits per heavy atom. The molecule has 0 spiro atoms. The second-order valence-corrected chi connectivity index (χ2v) is 5.46. The SMILES string of the molecule is NCc1ccccc1CC(=O)NCC1CCCCC1. The molecule has 0 aromatic heterocycles. The number of nitrogens with two attached hydrogens (primary N) is 1. The molecule has 3 heteroatoms. The molecule has 3 nitrogen and oxygen atoms in total. The van der Waals surface area contributed by atoms with Gasteiger partial charge in [0.15, 0.2) is 0 Å². The molecule has 1 aliphatic carbocycles. The first-order valence-corrected chi connectivity index (χ1v) is 7.33. The topological polar surface area (TPSA) is 55.1 Å². The van der Waals surface area contributed by atoms with Gasteiger partial charge in [0.25, 0.3) is 0 Å². The maximum Gasteiger partial charge on any atom is 0.224 e. The zero-order valence-corrected chi connectivity index (χ0v) is 11.5. The summed E-state index contributed by atoms with van der Waals surface area (Å²) < 4.78 is 0. The van der Waals surface area contributed by atoms with Gasteiger partial charge in [-0.15, -0.1) is 0 Å². The lowest BCUT2D eigenvalue weighted by Gasteiger charge is -2.21. The molecule has 0 bridgehead atoms. The quantitative estimate of drug-likeness (QED) is 0.854. The standard InChI is InChI=1S/C16H24N2O/c17-11-15-9-5-4-8-14(15)10-16(19)18-12-13-6-2-1-3-7-13/h4-5,8-9,13H,1-3,6-7,10-12,17H2,(H,18,19). The first-order valence-electron chi connectivity index (χ1n) is 7.33. The lowest BCUT2D eigenvalue weighted by atomic mass is 9.89. The van der Waals surface area contributed by atoms with Gasteiger partial charge in [-0.3, -0.25) is 4.79 Å². The van der Waals surface area contributed by atoms with E-state index in [-0.39, 0.29) is 5.91 Å². The van der Waals surface area contributed by atoms with Crippen LogP contribution in [0, 0.1) is 5.92 Å². The van der Waals surface area contributed by atoms with Gasteiger partial charge in [0.05, 0.1) is 6.42 Å². The molecular weight excluding hydrogens is 236 g/mol. The van der Waals surface area contributed by atoms with Crippen molar-refractivity contribution < 1.29 is 4.79 Å². The fraction of sp³-hybridized carbons (Fsp3) is 0.562. The van der Waals surface area contributed by atoms with Gasteiger partial charge in [0.1, 0.15) is 0 Å². The van der Waals surface area contributed by atoms with Gasteiger partial charge < -0.3 is 11.1 Å². The molecule has 104 valence electrons. The Bertz CT molecular complexity index is 411. The summed E-state index contributed by atoms with van der Waals surface area (Å²) in [6.07, 6.45) is 6.96. The molecule has 2 rings (SSSR count). The number of carbonyl (C=O) groups excluding carboxylic acids is 1. The van der Waals surface area contributed by atoms with Crippen LogP contribution >= 0.6 is 0 Å². The molecule has 0 unspecified atom stereocenters. The van der Waals surface area contributed by atoms with E-state index < -0.39 is 0 Å². The third kappa shape index (κ3) is 4.35. The summed E-state index contributed by atoms with van der Waals surface area (Å²) in [5, 5.41) is 3.07. The van der Waals surface area contributed by atoms with E-state index in [0.29, 0.717) is 18.9 Å². The van der Waals surface area contributed by atoms with E-state index >= 15 is 0 Å². The summed E-state index contributed by atoms with van der Waals surface area (Å²) >= 11 is 0. The predicted molar refractivity (Wildman–Crippen MR) is 77.6 cm³/mol. The van der Waals surface area contributed by atoms with Gasteiger partial charge in [0, 0.05) is 13.1 Å². The second kappa shape index (κ2) is 7.29. The molecule has 0 radical (unpaired) electrons. The Balaban J connectivity index is 1.80. The first kappa shape index (κ1) is 14.1. The molecule has 0 saturated heterocycles. The average molecular weight is 260 g/mol. The number of hydrogen-bond acceptors (Lipinski definition) is 2. The molecular formula is C16H24N2O. The number of nitrogens with one attached hydrogen (secondary N) is 1. The van der Waals surface area contributed by atoms with E-state index in [4.69, 9.17) is 5.73 Å². The van der Waals surface area contributed by atoms with Crippen molar-refractivity contribution in [1.29, 1.82) is 0 Å². The summed E-state index contributed by atoms with van der Waals surface area (Å²) in [5.41, 5.74) is 7.80. The molecule has 0 heterocycles. The van der Waals surface area contributed by atoms with Crippen molar-refractivity contribution in [3.8, 4) is 0 Å². The van der Waals surface area contributed by atoms with Crippen molar-refractivity contribution in [2.75, 3.05) is 6.54 Å². The maximum absolute atomic E-state index is 12.0. The van der Waals surface area contributed by atoms with Crippen LogP contribution in [0.5, 0.6) is 0 Å². The van der Waals surface area contributed by atoms with Crippen molar-refractivity contribution >= 4 is 5.91 Å². The van der Waals surface area contributed by atoms with Crippen molar-refractivity contribution in [2.45, 2.75) is 45.1 Å². The number of rotatable bonds is 5. The van der Waals surface area contributed by atoms with Crippen LogP contribution in [-0.4, -0.2) is 12.5 Å². The van der Waals surface area contributed by atoms with E-state index in [0.717, 1.165) is 17.7 Å². The van der Waals surface area contributed by atoms with Crippen LogP contribution in [-0.2, 0) is 17.8 Å². The zero-order chi connectivity index (χ0) is 13.5. The van der Waals surface area contributed by atoms with Gasteiger partial charge in [-0.25, -0.2) is 0 Å². The normalized spacial score (nSPS) is 16.3. The summed E-state index contributed by atoms with van der Waals surface area (Å²) in [7, 11) is 0. The summed E-state index contributed by atoms with van der Waals surface area (Å²) in [6.45, 7) is 1.33. The molecule has 19 heavy (non-hydrogen) atoms. The van der Waals surface area contributed by atoms with Gasteiger partial charge in [-0.2, -0.15) is 0 Å². The fourth-order valence-electron chi connectivity index (χ4n) is 2.81. The number of carbonyl (C=O) groups is 1. The van der Waals surface area contributed by atoms with Crippen LogP contribution in [0.4, 0.5) is 0 Å². The van der Waals surface area contributed by atoms with Crippen molar-refractivity contribution in [3.05, 3.63) is 35.4 Å². The van der Waals surface area contributed by atoms with Crippen LogP contribution in [0.1, 0.15) is 43.2 Å². The minimum Gasteiger partial charge on any atom is -0.356 e. The smallest absolute Gasteiger partial charge is 0.224 e. The highest BCUT2D eigenvalue weighted by Crippen LogP contribution is 2.22. The van der Waals surface area contributed by atoms with Crippen molar-refractivity contribution in [3.63, 3.8) is 0 Å². The summed E-state index contributed by atoms with van der Waals surface area (Å²) in [6, 6.07) is 7.90. The lowest BCUT2D eigenvalue weighted by Crippen LogP contribution is -2.31. The van der Waals surface area contributed by atoms with Crippen LogP contribution < -0.4 is 11.1 Å². The molecule has 1 fully saturated rings. The Labute approximate surface area is 115 Å². The molecule has 1 aliphatic rings. The van der Waals surface area contributed by atoms with E-state index in [2.05, 4.69) is 5.32 Å². The molecule has 1 saturated carbocycles. The highest BCUT2D eigenvalue weighted by molar-refractivity contribution is 5.78. The third-order valence-corrected chi connectivity index (χ3v) is 4.00. The van der Waals surface area contributed by atoms with Crippen molar-refractivity contribution in [2.24, 2.45) is 11.7 Å². The third-order valence-electron chi connectivity index (χ3n) is 4.00. The highest BCUT2D eigenvalue weighted by atomic mass is 16.1. The maximum atomic E-state index is 12.0. The fourth-order valence-corrected chi connectivity index (χ4v) is 2.81. The Morgan fingerprint density at radius 3 is 2.53 bits per heavy atom.